The fourth-order valence-corrected chi connectivity index (χ4v) is 2.21. The van der Waals surface area contributed by atoms with Crippen LogP contribution in [-0.4, -0.2) is 21.1 Å². The molecule has 0 unspecified atom stereocenters. The summed E-state index contributed by atoms with van der Waals surface area (Å²) in [6.45, 7) is 1.71. The second-order valence-electron chi connectivity index (χ2n) is 4.68. The first-order valence-electron chi connectivity index (χ1n) is 6.64. The van der Waals surface area contributed by atoms with Crippen LogP contribution in [0.2, 0.25) is 0 Å². The van der Waals surface area contributed by atoms with Crippen molar-refractivity contribution in [3.63, 3.8) is 0 Å². The first kappa shape index (κ1) is 12.5. The van der Waals surface area contributed by atoms with Crippen LogP contribution in [0.4, 0.5) is 5.82 Å². The van der Waals surface area contributed by atoms with Crippen LogP contribution in [0.25, 0.3) is 10.8 Å². The van der Waals surface area contributed by atoms with Gasteiger partial charge in [-0.15, -0.1) is 0 Å². The molecule has 0 bridgehead atoms. The highest BCUT2D eigenvalue weighted by Gasteiger charge is 2.00. The van der Waals surface area contributed by atoms with E-state index in [1.807, 2.05) is 41.1 Å². The zero-order valence-corrected chi connectivity index (χ0v) is 11.0. The van der Waals surface area contributed by atoms with Crippen LogP contribution in [0.3, 0.4) is 0 Å². The molecule has 3 rings (SSSR count). The number of benzene rings is 1. The van der Waals surface area contributed by atoms with Gasteiger partial charge in [0.2, 0.25) is 0 Å². The van der Waals surface area contributed by atoms with Crippen LogP contribution in [0.15, 0.2) is 53.8 Å². The van der Waals surface area contributed by atoms with Gasteiger partial charge in [0.1, 0.15) is 5.82 Å². The molecule has 3 aromatic rings. The molecular formula is C15H16N4O. The van der Waals surface area contributed by atoms with Crippen molar-refractivity contribution in [2.45, 2.75) is 13.0 Å². The number of aryl methyl sites for hydroxylation is 1. The lowest BCUT2D eigenvalue weighted by Crippen LogP contribution is -2.12. The Morgan fingerprint density at radius 1 is 1.30 bits per heavy atom. The van der Waals surface area contributed by atoms with Crippen LogP contribution >= 0.6 is 0 Å². The highest BCUT2D eigenvalue weighted by molar-refractivity contribution is 5.83. The second-order valence-corrected chi connectivity index (χ2v) is 4.68. The molecule has 5 nitrogen and oxygen atoms in total. The number of aromatic nitrogens is 3. The summed E-state index contributed by atoms with van der Waals surface area (Å²) in [5.41, 5.74) is -0.0554. The number of hydrogen-bond acceptors (Lipinski definition) is 3. The SMILES string of the molecule is O=c1[nH]c(NCCCn2ccnc2)cc2ccccc12. The maximum Gasteiger partial charge on any atom is 0.257 e. The summed E-state index contributed by atoms with van der Waals surface area (Å²) in [6, 6.07) is 9.55. The van der Waals surface area contributed by atoms with Crippen LogP contribution in [0.1, 0.15) is 6.42 Å². The zero-order chi connectivity index (χ0) is 13.8. The van der Waals surface area contributed by atoms with Gasteiger partial charge in [-0.2, -0.15) is 0 Å². The Kier molecular flexibility index (Phi) is 3.50. The summed E-state index contributed by atoms with van der Waals surface area (Å²) in [4.78, 5) is 18.8. The first-order valence-corrected chi connectivity index (χ1v) is 6.64. The third kappa shape index (κ3) is 2.71. The van der Waals surface area contributed by atoms with E-state index in [-0.39, 0.29) is 5.56 Å². The lowest BCUT2D eigenvalue weighted by molar-refractivity contribution is 0.660. The predicted molar refractivity (Wildman–Crippen MR) is 79.9 cm³/mol. The number of anilines is 1. The van der Waals surface area contributed by atoms with Gasteiger partial charge in [-0.25, -0.2) is 4.98 Å². The first-order chi connectivity index (χ1) is 9.83. The fraction of sp³-hybridized carbons (Fsp3) is 0.200. The van der Waals surface area contributed by atoms with E-state index in [1.54, 1.807) is 12.5 Å². The normalized spacial score (nSPS) is 10.8. The molecule has 0 fully saturated rings. The van der Waals surface area contributed by atoms with Crippen molar-refractivity contribution in [3.8, 4) is 0 Å². The second kappa shape index (κ2) is 5.61. The van der Waals surface area contributed by atoms with Crippen molar-refractivity contribution >= 4 is 16.6 Å². The van der Waals surface area contributed by atoms with Gasteiger partial charge in [-0.3, -0.25) is 4.79 Å². The Bertz CT molecular complexity index is 746. The monoisotopic (exact) mass is 268 g/mol. The minimum absolute atomic E-state index is 0.0554. The summed E-state index contributed by atoms with van der Waals surface area (Å²) in [5, 5.41) is 4.92. The van der Waals surface area contributed by atoms with Crippen molar-refractivity contribution in [1.82, 2.24) is 14.5 Å². The Morgan fingerprint density at radius 3 is 3.05 bits per heavy atom. The molecule has 0 radical (unpaired) electrons. The topological polar surface area (TPSA) is 62.7 Å². The van der Waals surface area contributed by atoms with Gasteiger partial charge in [0.25, 0.3) is 5.56 Å². The van der Waals surface area contributed by atoms with Crippen molar-refractivity contribution < 1.29 is 0 Å². The number of fused-ring (bicyclic) bond motifs is 1. The van der Waals surface area contributed by atoms with E-state index in [0.29, 0.717) is 0 Å². The lowest BCUT2D eigenvalue weighted by Gasteiger charge is -2.07. The van der Waals surface area contributed by atoms with Gasteiger partial charge in [0.05, 0.1) is 6.33 Å². The average Bonchev–Trinajstić information content (AvgIpc) is 2.97. The number of nitrogens with zero attached hydrogens (tertiary/aromatic N) is 2. The Hall–Kier alpha value is -2.56. The van der Waals surface area contributed by atoms with Crippen LogP contribution in [0, 0.1) is 0 Å². The molecule has 0 aliphatic carbocycles. The zero-order valence-electron chi connectivity index (χ0n) is 11.0. The van der Waals surface area contributed by atoms with Gasteiger partial charge >= 0.3 is 0 Å². The van der Waals surface area contributed by atoms with E-state index in [9.17, 15) is 4.79 Å². The van der Waals surface area contributed by atoms with Crippen molar-refractivity contribution in [3.05, 3.63) is 59.4 Å². The van der Waals surface area contributed by atoms with Gasteiger partial charge in [0, 0.05) is 30.9 Å². The van der Waals surface area contributed by atoms with Crippen LogP contribution < -0.4 is 10.9 Å². The van der Waals surface area contributed by atoms with Crippen LogP contribution in [0.5, 0.6) is 0 Å². The molecule has 20 heavy (non-hydrogen) atoms. The molecule has 2 N–H and O–H groups in total. The highest BCUT2D eigenvalue weighted by atomic mass is 16.1. The van der Waals surface area contributed by atoms with E-state index in [0.717, 1.165) is 36.1 Å². The van der Waals surface area contributed by atoms with E-state index in [2.05, 4.69) is 15.3 Å². The molecule has 0 amide bonds. The highest BCUT2D eigenvalue weighted by Crippen LogP contribution is 2.12. The molecule has 0 saturated carbocycles. The molecule has 1 aromatic carbocycles. The number of H-pyrrole nitrogens is 1. The van der Waals surface area contributed by atoms with E-state index in [1.165, 1.54) is 0 Å². The molecule has 0 atom stereocenters. The Morgan fingerprint density at radius 2 is 2.20 bits per heavy atom. The number of rotatable bonds is 5. The van der Waals surface area contributed by atoms with Gasteiger partial charge in [-0.05, 0) is 23.9 Å². The summed E-state index contributed by atoms with van der Waals surface area (Å²) in [5.74, 6) is 0.763. The molecule has 0 aliphatic heterocycles. The maximum absolute atomic E-state index is 11.9. The summed E-state index contributed by atoms with van der Waals surface area (Å²) in [6.07, 6.45) is 6.48. The minimum atomic E-state index is -0.0554. The smallest absolute Gasteiger partial charge is 0.257 e. The molecule has 2 heterocycles. The van der Waals surface area contributed by atoms with Crippen molar-refractivity contribution in [1.29, 1.82) is 0 Å². The number of aromatic amines is 1. The average molecular weight is 268 g/mol. The molecule has 0 spiro atoms. The Balaban J connectivity index is 1.64. The molecule has 5 heteroatoms. The number of pyridine rings is 1. The maximum atomic E-state index is 11.9. The molecule has 2 aromatic heterocycles. The standard InChI is InChI=1S/C15H16N4O/c20-15-13-5-2-1-4-12(13)10-14(18-15)17-6-3-8-19-9-7-16-11-19/h1-2,4-5,7,9-11H,3,6,8H2,(H2,17,18,20). The number of imidazole rings is 1. The van der Waals surface area contributed by atoms with E-state index >= 15 is 0 Å². The minimum Gasteiger partial charge on any atom is -0.371 e. The quantitative estimate of drug-likeness (QED) is 0.697. The molecular weight excluding hydrogens is 252 g/mol. The summed E-state index contributed by atoms with van der Waals surface area (Å²) in [7, 11) is 0. The third-order valence-corrected chi connectivity index (χ3v) is 3.22. The molecule has 0 saturated heterocycles. The largest absolute Gasteiger partial charge is 0.371 e. The van der Waals surface area contributed by atoms with Crippen molar-refractivity contribution in [2.24, 2.45) is 0 Å². The van der Waals surface area contributed by atoms with E-state index < -0.39 is 0 Å². The lowest BCUT2D eigenvalue weighted by atomic mass is 10.2. The fourth-order valence-electron chi connectivity index (χ4n) is 2.21. The van der Waals surface area contributed by atoms with Crippen LogP contribution in [-0.2, 0) is 6.54 Å². The number of hydrogen-bond donors (Lipinski definition) is 2. The van der Waals surface area contributed by atoms with Gasteiger partial charge < -0.3 is 14.9 Å². The van der Waals surface area contributed by atoms with Gasteiger partial charge in [0.15, 0.2) is 0 Å². The number of nitrogens with one attached hydrogen (secondary N) is 2. The van der Waals surface area contributed by atoms with Gasteiger partial charge in [-0.1, -0.05) is 18.2 Å². The Labute approximate surface area is 116 Å². The summed E-state index contributed by atoms with van der Waals surface area (Å²) < 4.78 is 2.03. The molecule has 102 valence electrons. The van der Waals surface area contributed by atoms with Crippen molar-refractivity contribution in [2.75, 3.05) is 11.9 Å². The predicted octanol–water partition coefficient (Wildman–Crippen LogP) is 2.23. The third-order valence-electron chi connectivity index (χ3n) is 3.22. The summed E-state index contributed by atoms with van der Waals surface area (Å²) >= 11 is 0. The molecule has 0 aliphatic rings. The van der Waals surface area contributed by atoms with E-state index in [4.69, 9.17) is 0 Å².